The van der Waals surface area contributed by atoms with E-state index in [1.54, 1.807) is 20.1 Å². The Labute approximate surface area is 118 Å². The summed E-state index contributed by atoms with van der Waals surface area (Å²) in [6, 6.07) is 7.10. The smallest absolute Gasteiger partial charge is 0.307 e. The van der Waals surface area contributed by atoms with Crippen molar-refractivity contribution in [1.29, 1.82) is 0 Å². The number of carbonyl (C=O) groups excluding carboxylic acids is 2. The van der Waals surface area contributed by atoms with Crippen LogP contribution in [0, 0.1) is 0 Å². The van der Waals surface area contributed by atoms with E-state index in [0.717, 1.165) is 5.56 Å². The van der Waals surface area contributed by atoms with Crippen LogP contribution in [0.15, 0.2) is 30.3 Å². The average molecular weight is 277 g/mol. The topological polar surface area (TPSA) is 64.6 Å². The molecule has 0 aliphatic carbocycles. The van der Waals surface area contributed by atoms with Crippen LogP contribution in [-0.2, 0) is 14.3 Å². The summed E-state index contributed by atoms with van der Waals surface area (Å²) in [5.74, 6) is 0.0676. The highest BCUT2D eigenvalue weighted by molar-refractivity contribution is 5.92. The van der Waals surface area contributed by atoms with Gasteiger partial charge in [0.25, 0.3) is 0 Å². The molecule has 20 heavy (non-hydrogen) atoms. The number of ether oxygens (including phenoxy) is 2. The minimum Gasteiger partial charge on any atom is -0.496 e. The number of hydrogen-bond donors (Lipinski definition) is 1. The van der Waals surface area contributed by atoms with Crippen LogP contribution in [0.3, 0.4) is 0 Å². The van der Waals surface area contributed by atoms with Gasteiger partial charge in [0.15, 0.2) is 0 Å². The lowest BCUT2D eigenvalue weighted by molar-refractivity contribution is -0.141. The van der Waals surface area contributed by atoms with Crippen LogP contribution in [0.2, 0.25) is 0 Å². The normalized spacial score (nSPS) is 11.9. The van der Waals surface area contributed by atoms with Gasteiger partial charge in [-0.05, 0) is 19.1 Å². The molecule has 0 heterocycles. The molecule has 5 heteroatoms. The zero-order valence-corrected chi connectivity index (χ0v) is 11.9. The van der Waals surface area contributed by atoms with Crippen molar-refractivity contribution in [3.63, 3.8) is 0 Å². The molecule has 0 bridgehead atoms. The third-order valence-electron chi connectivity index (χ3n) is 2.64. The number of amides is 1. The highest BCUT2D eigenvalue weighted by Gasteiger charge is 2.10. The molecule has 0 fully saturated rings. The number of rotatable bonds is 6. The Kier molecular flexibility index (Phi) is 6.29. The summed E-state index contributed by atoms with van der Waals surface area (Å²) in [7, 11) is 2.89. The second-order valence-corrected chi connectivity index (χ2v) is 4.27. The summed E-state index contributed by atoms with van der Waals surface area (Å²) in [5, 5.41) is 2.69. The Morgan fingerprint density at radius 1 is 1.30 bits per heavy atom. The molecule has 0 spiro atoms. The molecular weight excluding hydrogens is 258 g/mol. The third-order valence-corrected chi connectivity index (χ3v) is 2.64. The number of para-hydroxylation sites is 1. The summed E-state index contributed by atoms with van der Waals surface area (Å²) in [4.78, 5) is 22.8. The Hall–Kier alpha value is -2.30. The maximum absolute atomic E-state index is 11.7. The van der Waals surface area contributed by atoms with Crippen LogP contribution < -0.4 is 10.1 Å². The van der Waals surface area contributed by atoms with E-state index in [1.165, 1.54) is 13.2 Å². The van der Waals surface area contributed by atoms with E-state index in [9.17, 15) is 9.59 Å². The molecule has 0 aromatic heterocycles. The van der Waals surface area contributed by atoms with Crippen molar-refractivity contribution in [1.82, 2.24) is 5.32 Å². The summed E-state index contributed by atoms with van der Waals surface area (Å²) < 4.78 is 9.72. The van der Waals surface area contributed by atoms with Gasteiger partial charge in [-0.15, -0.1) is 0 Å². The largest absolute Gasteiger partial charge is 0.496 e. The molecule has 0 saturated carbocycles. The number of esters is 1. The molecule has 5 nitrogen and oxygen atoms in total. The number of benzene rings is 1. The van der Waals surface area contributed by atoms with Crippen molar-refractivity contribution in [2.75, 3.05) is 14.2 Å². The molecular formula is C15H19NO4. The molecule has 1 aromatic rings. The van der Waals surface area contributed by atoms with Crippen molar-refractivity contribution in [3.8, 4) is 5.75 Å². The highest BCUT2D eigenvalue weighted by atomic mass is 16.5. The lowest BCUT2D eigenvalue weighted by Gasteiger charge is -2.10. The maximum atomic E-state index is 11.7. The van der Waals surface area contributed by atoms with Crippen molar-refractivity contribution in [2.24, 2.45) is 0 Å². The van der Waals surface area contributed by atoms with E-state index < -0.39 is 0 Å². The van der Waals surface area contributed by atoms with Gasteiger partial charge in [-0.1, -0.05) is 18.2 Å². The van der Waals surface area contributed by atoms with Crippen LogP contribution in [-0.4, -0.2) is 32.1 Å². The van der Waals surface area contributed by atoms with Crippen molar-refractivity contribution in [3.05, 3.63) is 35.9 Å². The Morgan fingerprint density at radius 2 is 2.00 bits per heavy atom. The van der Waals surface area contributed by atoms with Crippen molar-refractivity contribution < 1.29 is 19.1 Å². The predicted octanol–water partition coefficient (Wildman–Crippen LogP) is 1.78. The first-order valence-electron chi connectivity index (χ1n) is 6.25. The fourth-order valence-electron chi connectivity index (χ4n) is 1.64. The zero-order valence-electron chi connectivity index (χ0n) is 11.9. The molecule has 1 rings (SSSR count). The van der Waals surface area contributed by atoms with Crippen molar-refractivity contribution >= 4 is 18.0 Å². The first-order valence-corrected chi connectivity index (χ1v) is 6.25. The molecule has 108 valence electrons. The molecule has 1 amide bonds. The molecule has 0 radical (unpaired) electrons. The van der Waals surface area contributed by atoms with Gasteiger partial charge in [0.1, 0.15) is 5.75 Å². The minimum absolute atomic E-state index is 0.144. The lowest BCUT2D eigenvalue weighted by atomic mass is 10.2. The monoisotopic (exact) mass is 277 g/mol. The second-order valence-electron chi connectivity index (χ2n) is 4.27. The van der Waals surface area contributed by atoms with E-state index in [2.05, 4.69) is 10.1 Å². The van der Waals surface area contributed by atoms with Gasteiger partial charge in [-0.3, -0.25) is 9.59 Å². The molecule has 1 aromatic carbocycles. The van der Waals surface area contributed by atoms with Crippen LogP contribution in [0.4, 0.5) is 0 Å². The van der Waals surface area contributed by atoms with Gasteiger partial charge < -0.3 is 14.8 Å². The number of hydrogen-bond acceptors (Lipinski definition) is 4. The van der Waals surface area contributed by atoms with Crippen LogP contribution in [0.1, 0.15) is 18.9 Å². The van der Waals surface area contributed by atoms with E-state index in [1.807, 2.05) is 24.3 Å². The number of nitrogens with one attached hydrogen (secondary N) is 1. The van der Waals surface area contributed by atoms with E-state index >= 15 is 0 Å². The quantitative estimate of drug-likeness (QED) is 0.636. The summed E-state index contributed by atoms with van der Waals surface area (Å²) in [6.45, 7) is 1.74. The van der Waals surface area contributed by atoms with Gasteiger partial charge in [0.05, 0.1) is 20.6 Å². The van der Waals surface area contributed by atoms with E-state index in [-0.39, 0.29) is 24.3 Å². The fourth-order valence-corrected chi connectivity index (χ4v) is 1.64. The summed E-state index contributed by atoms with van der Waals surface area (Å²) in [5.41, 5.74) is 0.811. The SMILES string of the molecule is COC(=O)CC(C)NC(=O)/C=C/c1ccccc1OC. The first kappa shape index (κ1) is 15.8. The standard InChI is InChI=1S/C15H19NO4/c1-11(10-15(18)20-3)16-14(17)9-8-12-6-4-5-7-13(12)19-2/h4-9,11H,10H2,1-3H3,(H,16,17)/b9-8+. The van der Waals surface area contributed by atoms with Gasteiger partial charge in [-0.2, -0.15) is 0 Å². The predicted molar refractivity (Wildman–Crippen MR) is 76.3 cm³/mol. The zero-order chi connectivity index (χ0) is 15.0. The lowest BCUT2D eigenvalue weighted by Crippen LogP contribution is -2.33. The highest BCUT2D eigenvalue weighted by Crippen LogP contribution is 2.18. The first-order chi connectivity index (χ1) is 9.56. The van der Waals surface area contributed by atoms with Crippen LogP contribution in [0.25, 0.3) is 6.08 Å². The number of carbonyl (C=O) groups is 2. The van der Waals surface area contributed by atoms with E-state index in [0.29, 0.717) is 5.75 Å². The minimum atomic E-state index is -0.355. The van der Waals surface area contributed by atoms with Crippen LogP contribution in [0.5, 0.6) is 5.75 Å². The Bertz CT molecular complexity index is 496. The fraction of sp³-hybridized carbons (Fsp3) is 0.333. The van der Waals surface area contributed by atoms with E-state index in [4.69, 9.17) is 4.74 Å². The molecule has 0 aliphatic rings. The molecule has 1 unspecified atom stereocenters. The average Bonchev–Trinajstić information content (AvgIpc) is 2.45. The Balaban J connectivity index is 2.57. The third kappa shape index (κ3) is 5.14. The van der Waals surface area contributed by atoms with Gasteiger partial charge in [0.2, 0.25) is 5.91 Å². The second kappa shape index (κ2) is 7.99. The van der Waals surface area contributed by atoms with Crippen molar-refractivity contribution in [2.45, 2.75) is 19.4 Å². The number of methoxy groups -OCH3 is 2. The molecule has 0 saturated heterocycles. The molecule has 1 atom stereocenters. The van der Waals surface area contributed by atoms with Gasteiger partial charge in [-0.25, -0.2) is 0 Å². The van der Waals surface area contributed by atoms with Gasteiger partial charge >= 0.3 is 5.97 Å². The maximum Gasteiger partial charge on any atom is 0.307 e. The van der Waals surface area contributed by atoms with Gasteiger partial charge in [0, 0.05) is 17.7 Å². The molecule has 0 aliphatic heterocycles. The summed E-state index contributed by atoms with van der Waals surface area (Å²) in [6.07, 6.45) is 3.22. The van der Waals surface area contributed by atoms with Crippen LogP contribution >= 0.6 is 0 Å². The summed E-state index contributed by atoms with van der Waals surface area (Å²) >= 11 is 0. The molecule has 1 N–H and O–H groups in total. The Morgan fingerprint density at radius 3 is 2.65 bits per heavy atom.